The molecule has 0 spiro atoms. The third-order valence-corrected chi connectivity index (χ3v) is 8.03. The van der Waals surface area contributed by atoms with Crippen LogP contribution >= 0.6 is 67.8 Å². The van der Waals surface area contributed by atoms with Gasteiger partial charge < -0.3 is 34.1 Å². The number of anilines is 1. The Bertz CT molecular complexity index is 984. The molecule has 208 valence electrons. The minimum Gasteiger partial charge on any atom is -0.464 e. The van der Waals surface area contributed by atoms with Crippen molar-refractivity contribution in [3.8, 4) is 0 Å². The van der Waals surface area contributed by atoms with Gasteiger partial charge >= 0.3 is 0 Å². The van der Waals surface area contributed by atoms with E-state index in [1.165, 1.54) is 23.9 Å². The number of ether oxygens (including phenoxy) is 4. The van der Waals surface area contributed by atoms with Gasteiger partial charge in [-0.3, -0.25) is 33.6 Å². The van der Waals surface area contributed by atoms with Gasteiger partial charge in [0.15, 0.2) is 12.2 Å². The summed E-state index contributed by atoms with van der Waals surface area (Å²) < 4.78 is 20.0. The summed E-state index contributed by atoms with van der Waals surface area (Å²) in [6.45, 7) is -0.192. The molecule has 1 aromatic carbocycles. The minimum atomic E-state index is -0.950. The molecule has 1 aromatic rings. The molecule has 0 radical (unpaired) electrons. The molecule has 0 aliphatic heterocycles. The van der Waals surface area contributed by atoms with Crippen LogP contribution in [-0.2, 0) is 42.9 Å². The standard InChI is InChI=1S/C21H22I3N3O11/c1-26(3-12(37-10-31)5-35-8-29)20(33)14-16(22)15(18(24)19(17(14)23)25-7-28)21(34)27(2)4-13(38-11-32)6-36-9-30/h7-13H,3-6H2,1-2H3,(H,25,28). The summed E-state index contributed by atoms with van der Waals surface area (Å²) in [4.78, 5) is 83.4. The van der Waals surface area contributed by atoms with E-state index in [4.69, 9.17) is 9.47 Å². The first-order valence-corrected chi connectivity index (χ1v) is 13.5. The SMILES string of the molecule is CN(CC(COC=O)OC=O)C(=O)c1c(I)c(NC=O)c(I)c(C(=O)N(C)CC(COC=O)OC=O)c1I. The summed E-state index contributed by atoms with van der Waals surface area (Å²) in [5.74, 6) is -1.15. The Kier molecular flexibility index (Phi) is 15.4. The van der Waals surface area contributed by atoms with Crippen LogP contribution in [0.25, 0.3) is 0 Å². The molecule has 0 saturated heterocycles. The second kappa shape index (κ2) is 17.3. The molecule has 17 heteroatoms. The number of likely N-dealkylation sites (N-methyl/N-ethyl adjacent to an activating group) is 2. The van der Waals surface area contributed by atoms with E-state index in [0.717, 1.165) is 0 Å². The quantitative estimate of drug-likeness (QED) is 0.125. The number of nitrogens with one attached hydrogen (secondary N) is 1. The number of hydrogen-bond acceptors (Lipinski definition) is 11. The second-order valence-electron chi connectivity index (χ2n) is 7.27. The Morgan fingerprint density at radius 2 is 1.13 bits per heavy atom. The van der Waals surface area contributed by atoms with E-state index in [-0.39, 0.29) is 72.6 Å². The van der Waals surface area contributed by atoms with Crippen molar-refractivity contribution in [2.45, 2.75) is 12.2 Å². The molecule has 0 saturated carbocycles. The maximum atomic E-state index is 13.5. The molecule has 2 unspecified atom stereocenters. The Labute approximate surface area is 257 Å². The van der Waals surface area contributed by atoms with E-state index >= 15 is 0 Å². The minimum absolute atomic E-state index is 0.0846. The Morgan fingerprint density at radius 1 is 0.737 bits per heavy atom. The number of amides is 3. The Hall–Kier alpha value is -2.30. The smallest absolute Gasteiger partial charge is 0.293 e. The van der Waals surface area contributed by atoms with E-state index in [0.29, 0.717) is 13.6 Å². The molecule has 0 fully saturated rings. The van der Waals surface area contributed by atoms with E-state index in [9.17, 15) is 33.6 Å². The number of benzene rings is 1. The first kappa shape index (κ1) is 33.7. The molecule has 0 heterocycles. The number of carbonyl (C=O) groups excluding carboxylic acids is 7. The molecular weight excluding hydrogens is 851 g/mol. The zero-order valence-corrected chi connectivity index (χ0v) is 26.4. The van der Waals surface area contributed by atoms with Crippen molar-refractivity contribution in [3.63, 3.8) is 0 Å². The number of hydrogen-bond donors (Lipinski definition) is 1. The molecule has 2 atom stereocenters. The van der Waals surface area contributed by atoms with Gasteiger partial charge in [-0.25, -0.2) is 0 Å². The van der Waals surface area contributed by atoms with E-state index in [2.05, 4.69) is 14.8 Å². The van der Waals surface area contributed by atoms with Gasteiger partial charge in [-0.1, -0.05) is 0 Å². The molecule has 0 aliphatic rings. The highest BCUT2D eigenvalue weighted by molar-refractivity contribution is 14.1. The summed E-state index contributed by atoms with van der Waals surface area (Å²) in [6.07, 6.45) is -1.50. The van der Waals surface area contributed by atoms with E-state index < -0.39 is 24.0 Å². The molecule has 3 amide bonds. The largest absolute Gasteiger partial charge is 0.464 e. The van der Waals surface area contributed by atoms with Crippen molar-refractivity contribution >= 4 is 118 Å². The van der Waals surface area contributed by atoms with Crippen LogP contribution in [0.2, 0.25) is 0 Å². The van der Waals surface area contributed by atoms with Gasteiger partial charge in [0, 0.05) is 17.7 Å². The zero-order valence-electron chi connectivity index (χ0n) is 19.9. The van der Waals surface area contributed by atoms with Crippen LogP contribution in [-0.4, -0.2) is 107 Å². The first-order chi connectivity index (χ1) is 18.1. The predicted octanol–water partition coefficient (Wildman–Crippen LogP) is 0.642. The van der Waals surface area contributed by atoms with Crippen LogP contribution in [0.5, 0.6) is 0 Å². The zero-order chi connectivity index (χ0) is 28.8. The number of rotatable bonds is 18. The van der Waals surface area contributed by atoms with Gasteiger partial charge in [0.2, 0.25) is 6.41 Å². The summed E-state index contributed by atoms with van der Waals surface area (Å²) in [7, 11) is 2.84. The molecule has 1 N–H and O–H groups in total. The predicted molar refractivity (Wildman–Crippen MR) is 154 cm³/mol. The van der Waals surface area contributed by atoms with E-state index in [1.54, 1.807) is 0 Å². The first-order valence-electron chi connectivity index (χ1n) is 10.3. The van der Waals surface area contributed by atoms with Gasteiger partial charge in [-0.2, -0.15) is 0 Å². The summed E-state index contributed by atoms with van der Waals surface area (Å²) in [5.41, 5.74) is 0.382. The van der Waals surface area contributed by atoms with Crippen LogP contribution < -0.4 is 5.32 Å². The Morgan fingerprint density at radius 3 is 1.45 bits per heavy atom. The topological polar surface area (TPSA) is 175 Å². The maximum Gasteiger partial charge on any atom is 0.293 e. The molecule has 14 nitrogen and oxygen atoms in total. The average Bonchev–Trinajstić information content (AvgIpc) is 2.88. The molecular formula is C21H22I3N3O11. The average molecular weight is 873 g/mol. The maximum absolute atomic E-state index is 13.5. The number of nitrogens with zero attached hydrogens (tertiary/aromatic N) is 2. The summed E-state index contributed by atoms with van der Waals surface area (Å²) >= 11 is 5.58. The van der Waals surface area contributed by atoms with Gasteiger partial charge in [0.05, 0.1) is 37.0 Å². The van der Waals surface area contributed by atoms with Crippen molar-refractivity contribution in [2.75, 3.05) is 45.7 Å². The highest BCUT2D eigenvalue weighted by atomic mass is 127. The van der Waals surface area contributed by atoms with Gasteiger partial charge in [0.25, 0.3) is 37.7 Å². The van der Waals surface area contributed by atoms with Crippen LogP contribution in [0.15, 0.2) is 0 Å². The van der Waals surface area contributed by atoms with Crippen molar-refractivity contribution in [1.29, 1.82) is 0 Å². The summed E-state index contributed by atoms with van der Waals surface area (Å²) in [6, 6.07) is 0. The van der Waals surface area contributed by atoms with Crippen LogP contribution in [0.4, 0.5) is 5.69 Å². The normalized spacial score (nSPS) is 11.7. The fourth-order valence-electron chi connectivity index (χ4n) is 3.10. The van der Waals surface area contributed by atoms with Crippen molar-refractivity contribution in [3.05, 3.63) is 21.8 Å². The van der Waals surface area contributed by atoms with Crippen LogP contribution in [0.3, 0.4) is 0 Å². The van der Waals surface area contributed by atoms with Crippen molar-refractivity contribution in [2.24, 2.45) is 0 Å². The van der Waals surface area contributed by atoms with Crippen molar-refractivity contribution in [1.82, 2.24) is 9.80 Å². The lowest BCUT2D eigenvalue weighted by atomic mass is 10.1. The van der Waals surface area contributed by atoms with Crippen LogP contribution in [0.1, 0.15) is 20.7 Å². The molecule has 0 aromatic heterocycles. The van der Waals surface area contributed by atoms with E-state index in [1.807, 2.05) is 67.8 Å². The monoisotopic (exact) mass is 873 g/mol. The fraction of sp³-hybridized carbons (Fsp3) is 0.381. The third-order valence-electron chi connectivity index (χ3n) is 4.79. The molecule has 0 aliphatic carbocycles. The highest BCUT2D eigenvalue weighted by Crippen LogP contribution is 2.36. The van der Waals surface area contributed by atoms with Crippen molar-refractivity contribution < 1.29 is 52.5 Å². The highest BCUT2D eigenvalue weighted by Gasteiger charge is 2.32. The Balaban J connectivity index is 3.50. The van der Waals surface area contributed by atoms with Gasteiger partial charge in [0.1, 0.15) is 13.2 Å². The number of halogens is 3. The van der Waals surface area contributed by atoms with Gasteiger partial charge in [-0.05, 0) is 67.8 Å². The van der Waals surface area contributed by atoms with Crippen LogP contribution in [0, 0.1) is 10.7 Å². The fourth-order valence-corrected chi connectivity index (χ4v) is 7.50. The number of carbonyl (C=O) groups is 7. The molecule has 0 bridgehead atoms. The third kappa shape index (κ3) is 9.17. The lowest BCUT2D eigenvalue weighted by Crippen LogP contribution is -2.40. The van der Waals surface area contributed by atoms with Gasteiger partial charge in [-0.15, -0.1) is 0 Å². The second-order valence-corrected chi connectivity index (χ2v) is 10.5. The lowest BCUT2D eigenvalue weighted by molar-refractivity contribution is -0.143. The summed E-state index contributed by atoms with van der Waals surface area (Å²) in [5, 5.41) is 2.52. The lowest BCUT2D eigenvalue weighted by Gasteiger charge is -2.27. The molecule has 1 rings (SSSR count). The molecule has 38 heavy (non-hydrogen) atoms.